The SMILES string of the molecule is CCS(=O)(=O)c1ccc(N2CCN(C3CC(=O)N(c4ccc(OC)cc4)C3=O)CC2)cc1. The first kappa shape index (κ1) is 22.3. The van der Waals surface area contributed by atoms with Gasteiger partial charge in [-0.2, -0.15) is 0 Å². The van der Waals surface area contributed by atoms with Crippen molar-refractivity contribution in [3.63, 3.8) is 0 Å². The largest absolute Gasteiger partial charge is 0.497 e. The van der Waals surface area contributed by atoms with Crippen LogP contribution in [-0.4, -0.2) is 70.2 Å². The Bertz CT molecular complexity index is 1090. The van der Waals surface area contributed by atoms with Gasteiger partial charge in [-0.25, -0.2) is 13.3 Å². The summed E-state index contributed by atoms with van der Waals surface area (Å²) in [6.07, 6.45) is 0.175. The van der Waals surface area contributed by atoms with E-state index in [0.29, 0.717) is 42.5 Å². The van der Waals surface area contributed by atoms with Crippen molar-refractivity contribution < 1.29 is 22.7 Å². The van der Waals surface area contributed by atoms with Crippen molar-refractivity contribution in [3.8, 4) is 5.75 Å². The summed E-state index contributed by atoms with van der Waals surface area (Å²) >= 11 is 0. The molecule has 2 aliphatic rings. The average molecular weight is 458 g/mol. The number of rotatable bonds is 6. The van der Waals surface area contributed by atoms with E-state index in [-0.39, 0.29) is 24.0 Å². The predicted octanol–water partition coefficient (Wildman–Crippen LogP) is 1.94. The topological polar surface area (TPSA) is 87.2 Å². The van der Waals surface area contributed by atoms with E-state index in [1.807, 2.05) is 12.1 Å². The fourth-order valence-electron chi connectivity index (χ4n) is 4.23. The van der Waals surface area contributed by atoms with Crippen molar-refractivity contribution in [3.05, 3.63) is 48.5 Å². The Balaban J connectivity index is 1.40. The van der Waals surface area contributed by atoms with Crippen LogP contribution in [0.3, 0.4) is 0 Å². The second-order valence-corrected chi connectivity index (χ2v) is 10.2. The Morgan fingerprint density at radius 3 is 2.06 bits per heavy atom. The molecule has 9 heteroatoms. The molecule has 8 nitrogen and oxygen atoms in total. The lowest BCUT2D eigenvalue weighted by atomic mass is 10.1. The highest BCUT2D eigenvalue weighted by molar-refractivity contribution is 7.91. The number of carbonyl (C=O) groups is 2. The predicted molar refractivity (Wildman–Crippen MR) is 122 cm³/mol. The van der Waals surface area contributed by atoms with Crippen molar-refractivity contribution in [2.24, 2.45) is 0 Å². The van der Waals surface area contributed by atoms with Gasteiger partial charge in [0.25, 0.3) is 5.91 Å². The molecule has 2 amide bonds. The van der Waals surface area contributed by atoms with Crippen LogP contribution < -0.4 is 14.5 Å². The summed E-state index contributed by atoms with van der Waals surface area (Å²) in [5.74, 6) is 0.357. The van der Waals surface area contributed by atoms with Gasteiger partial charge in [0.1, 0.15) is 5.75 Å². The van der Waals surface area contributed by atoms with Crippen LogP contribution >= 0.6 is 0 Å². The molecule has 1 atom stereocenters. The third-order valence-electron chi connectivity index (χ3n) is 6.15. The first-order chi connectivity index (χ1) is 15.3. The Morgan fingerprint density at radius 2 is 1.50 bits per heavy atom. The minimum absolute atomic E-state index is 0.0761. The summed E-state index contributed by atoms with van der Waals surface area (Å²) in [5.41, 5.74) is 1.51. The van der Waals surface area contributed by atoms with Gasteiger partial charge in [-0.05, 0) is 48.5 Å². The number of benzene rings is 2. The fraction of sp³-hybridized carbons (Fsp3) is 0.391. The molecule has 0 radical (unpaired) electrons. The molecule has 2 fully saturated rings. The molecule has 2 aliphatic heterocycles. The average Bonchev–Trinajstić information content (AvgIpc) is 3.13. The first-order valence-electron chi connectivity index (χ1n) is 10.7. The number of piperazine rings is 1. The van der Waals surface area contributed by atoms with Gasteiger partial charge >= 0.3 is 0 Å². The summed E-state index contributed by atoms with van der Waals surface area (Å²) in [7, 11) is -1.65. The zero-order valence-electron chi connectivity index (χ0n) is 18.2. The summed E-state index contributed by atoms with van der Waals surface area (Å²) in [4.78, 5) is 31.5. The van der Waals surface area contributed by atoms with Gasteiger partial charge in [-0.1, -0.05) is 6.92 Å². The number of anilines is 2. The van der Waals surface area contributed by atoms with E-state index in [1.54, 1.807) is 50.4 Å². The molecule has 0 saturated carbocycles. The Labute approximate surface area is 188 Å². The third-order valence-corrected chi connectivity index (χ3v) is 7.90. The highest BCUT2D eigenvalue weighted by Crippen LogP contribution is 2.28. The van der Waals surface area contributed by atoms with Gasteiger partial charge in [0.2, 0.25) is 5.91 Å². The van der Waals surface area contributed by atoms with Crippen molar-refractivity contribution in [2.45, 2.75) is 24.3 Å². The minimum Gasteiger partial charge on any atom is -0.497 e. The molecule has 0 N–H and O–H groups in total. The summed E-state index contributed by atoms with van der Waals surface area (Å²) in [6, 6.07) is 13.4. The van der Waals surface area contributed by atoms with Gasteiger partial charge in [0, 0.05) is 31.9 Å². The van der Waals surface area contributed by atoms with Crippen molar-refractivity contribution in [2.75, 3.05) is 48.8 Å². The quantitative estimate of drug-likeness (QED) is 0.613. The van der Waals surface area contributed by atoms with Crippen molar-refractivity contribution >= 4 is 33.0 Å². The smallest absolute Gasteiger partial charge is 0.251 e. The highest BCUT2D eigenvalue weighted by Gasteiger charge is 2.43. The van der Waals surface area contributed by atoms with Crippen LogP contribution in [0.5, 0.6) is 5.75 Å². The Hall–Kier alpha value is -2.91. The van der Waals surface area contributed by atoms with Crippen LogP contribution in [-0.2, 0) is 19.4 Å². The standard InChI is InChI=1S/C23H27N3O5S/c1-3-32(29,30)20-10-6-17(7-11-20)24-12-14-25(15-13-24)21-16-22(27)26(23(21)28)18-4-8-19(31-2)9-5-18/h4-11,21H,3,12-16H2,1-2H3. The van der Waals surface area contributed by atoms with Gasteiger partial charge in [0.15, 0.2) is 9.84 Å². The van der Waals surface area contributed by atoms with Crippen LogP contribution in [0.4, 0.5) is 11.4 Å². The fourth-order valence-corrected chi connectivity index (χ4v) is 5.11. The molecule has 4 rings (SSSR count). The molecule has 32 heavy (non-hydrogen) atoms. The first-order valence-corrected chi connectivity index (χ1v) is 12.3. The van der Waals surface area contributed by atoms with E-state index in [1.165, 1.54) is 4.90 Å². The Kier molecular flexibility index (Phi) is 6.21. The van der Waals surface area contributed by atoms with Crippen LogP contribution in [0.15, 0.2) is 53.4 Å². The number of methoxy groups -OCH3 is 1. The molecule has 2 saturated heterocycles. The summed E-state index contributed by atoms with van der Waals surface area (Å²) in [5, 5.41) is 0. The number of nitrogens with zero attached hydrogens (tertiary/aromatic N) is 3. The number of hydrogen-bond acceptors (Lipinski definition) is 7. The number of carbonyl (C=O) groups excluding carboxylic acids is 2. The van der Waals surface area contributed by atoms with Crippen molar-refractivity contribution in [1.29, 1.82) is 0 Å². The zero-order valence-corrected chi connectivity index (χ0v) is 19.0. The molecular formula is C23H27N3O5S. The van der Waals surface area contributed by atoms with Gasteiger partial charge in [-0.3, -0.25) is 14.5 Å². The van der Waals surface area contributed by atoms with Crippen molar-refractivity contribution in [1.82, 2.24) is 4.90 Å². The maximum atomic E-state index is 13.0. The number of imide groups is 1. The second kappa shape index (κ2) is 8.91. The normalized spacial score (nSPS) is 20.1. The molecule has 0 aliphatic carbocycles. The monoisotopic (exact) mass is 457 g/mol. The van der Waals surface area contributed by atoms with Crippen LogP contribution in [0.1, 0.15) is 13.3 Å². The summed E-state index contributed by atoms with van der Waals surface area (Å²) < 4.78 is 29.2. The molecule has 2 aromatic rings. The molecule has 0 aromatic heterocycles. The summed E-state index contributed by atoms with van der Waals surface area (Å²) in [6.45, 7) is 4.32. The molecule has 0 spiro atoms. The lowest BCUT2D eigenvalue weighted by Crippen LogP contribution is -2.52. The van der Waals surface area contributed by atoms with Crippen LogP contribution in [0.2, 0.25) is 0 Å². The van der Waals surface area contributed by atoms with Crippen LogP contribution in [0, 0.1) is 0 Å². The molecule has 2 heterocycles. The zero-order chi connectivity index (χ0) is 22.9. The lowest BCUT2D eigenvalue weighted by molar-refractivity contribution is -0.123. The van der Waals surface area contributed by atoms with E-state index in [9.17, 15) is 18.0 Å². The lowest BCUT2D eigenvalue weighted by Gasteiger charge is -2.38. The van der Waals surface area contributed by atoms with Gasteiger partial charge in [-0.15, -0.1) is 0 Å². The van der Waals surface area contributed by atoms with E-state index in [2.05, 4.69) is 9.80 Å². The molecule has 170 valence electrons. The Morgan fingerprint density at radius 1 is 0.906 bits per heavy atom. The minimum atomic E-state index is -3.22. The highest BCUT2D eigenvalue weighted by atomic mass is 32.2. The van der Waals surface area contributed by atoms with E-state index in [4.69, 9.17) is 4.74 Å². The number of amides is 2. The van der Waals surface area contributed by atoms with E-state index in [0.717, 1.165) is 5.69 Å². The second-order valence-electron chi connectivity index (χ2n) is 7.91. The maximum Gasteiger partial charge on any atom is 0.251 e. The molecule has 1 unspecified atom stereocenters. The number of sulfone groups is 1. The van der Waals surface area contributed by atoms with Crippen LogP contribution in [0.25, 0.3) is 0 Å². The number of hydrogen-bond donors (Lipinski definition) is 0. The maximum absolute atomic E-state index is 13.0. The molecule has 0 bridgehead atoms. The molecule has 2 aromatic carbocycles. The van der Waals surface area contributed by atoms with Gasteiger partial charge < -0.3 is 9.64 Å². The van der Waals surface area contributed by atoms with E-state index < -0.39 is 15.9 Å². The molecular weight excluding hydrogens is 430 g/mol. The third kappa shape index (κ3) is 4.22. The van der Waals surface area contributed by atoms with E-state index >= 15 is 0 Å². The number of ether oxygens (including phenoxy) is 1. The van der Waals surface area contributed by atoms with Gasteiger partial charge in [0.05, 0.1) is 35.9 Å².